The van der Waals surface area contributed by atoms with Gasteiger partial charge in [0.1, 0.15) is 17.1 Å². The molecule has 0 aromatic heterocycles. The SMILES string of the molecule is O=[N+]([O-])c1cc(NCCO)ccc1NCCO.O=[N+]([O-])c1cc(O)ccc1NCCCO. The number of hydrogen-bond donors (Lipinski definition) is 7. The van der Waals surface area contributed by atoms with Crippen molar-refractivity contribution in [3.05, 3.63) is 56.6 Å². The van der Waals surface area contributed by atoms with Gasteiger partial charge in [-0.25, -0.2) is 0 Å². The van der Waals surface area contributed by atoms with Gasteiger partial charge in [-0.2, -0.15) is 0 Å². The smallest absolute Gasteiger partial charge is 0.296 e. The van der Waals surface area contributed by atoms with Crippen LogP contribution in [-0.2, 0) is 0 Å². The van der Waals surface area contributed by atoms with Crippen molar-refractivity contribution < 1.29 is 30.3 Å². The van der Waals surface area contributed by atoms with E-state index in [1.807, 2.05) is 0 Å². The van der Waals surface area contributed by atoms with Crippen LogP contribution in [0.4, 0.5) is 28.4 Å². The fourth-order valence-corrected chi connectivity index (χ4v) is 2.46. The standard InChI is InChI=1S/C10H15N3O4.C9H12N2O4/c14-5-3-11-8-1-2-9(12-4-6-15)10(7-8)13(16)17;12-5-1-4-10-8-3-2-7(13)6-9(8)11(14)15/h1-2,7,11-12,14-15H,3-6H2;2-3,6,10,12-13H,1,4-5H2. The third kappa shape index (κ3) is 8.99. The lowest BCUT2D eigenvalue weighted by atomic mass is 10.2. The fourth-order valence-electron chi connectivity index (χ4n) is 2.46. The number of phenols is 1. The average molecular weight is 453 g/mol. The molecule has 0 radical (unpaired) electrons. The summed E-state index contributed by atoms with van der Waals surface area (Å²) in [5, 5.41) is 64.8. The molecular formula is C19H27N5O8. The number of hydrogen-bond acceptors (Lipinski definition) is 11. The molecule has 0 unspecified atom stereocenters. The van der Waals surface area contributed by atoms with Crippen molar-refractivity contribution in [3.8, 4) is 5.75 Å². The Labute approximate surface area is 183 Å². The predicted molar refractivity (Wildman–Crippen MR) is 119 cm³/mol. The first-order chi connectivity index (χ1) is 15.3. The van der Waals surface area contributed by atoms with Crippen LogP contribution in [0.1, 0.15) is 6.42 Å². The van der Waals surface area contributed by atoms with Crippen LogP contribution in [0.25, 0.3) is 0 Å². The molecule has 176 valence electrons. The highest BCUT2D eigenvalue weighted by molar-refractivity contribution is 5.68. The topological polar surface area (TPSA) is 203 Å². The van der Waals surface area contributed by atoms with E-state index < -0.39 is 9.85 Å². The number of rotatable bonds is 12. The van der Waals surface area contributed by atoms with Gasteiger partial charge in [0.05, 0.1) is 29.1 Å². The third-order valence-corrected chi connectivity index (χ3v) is 3.89. The number of nitrogens with one attached hydrogen (secondary N) is 3. The predicted octanol–water partition coefficient (Wildman–Crippen LogP) is 1.50. The molecule has 0 aliphatic heterocycles. The van der Waals surface area contributed by atoms with Gasteiger partial charge in [0, 0.05) is 38.0 Å². The second kappa shape index (κ2) is 14.3. The van der Waals surface area contributed by atoms with Crippen LogP contribution < -0.4 is 16.0 Å². The van der Waals surface area contributed by atoms with Crippen LogP contribution in [0, 0.1) is 20.2 Å². The highest BCUT2D eigenvalue weighted by Crippen LogP contribution is 2.28. The van der Waals surface area contributed by atoms with Crippen LogP contribution in [0.5, 0.6) is 5.75 Å². The van der Waals surface area contributed by atoms with E-state index in [2.05, 4.69) is 16.0 Å². The molecule has 0 bridgehead atoms. The van der Waals surface area contributed by atoms with Crippen LogP contribution in [0.15, 0.2) is 36.4 Å². The second-order valence-corrected chi connectivity index (χ2v) is 6.25. The lowest BCUT2D eigenvalue weighted by molar-refractivity contribution is -0.384. The van der Waals surface area contributed by atoms with Gasteiger partial charge >= 0.3 is 0 Å². The Morgan fingerprint density at radius 2 is 1.25 bits per heavy atom. The van der Waals surface area contributed by atoms with Crippen molar-refractivity contribution in [1.29, 1.82) is 0 Å². The molecule has 0 heterocycles. The molecule has 0 saturated carbocycles. The number of aliphatic hydroxyl groups is 3. The molecule has 2 aromatic rings. The molecular weight excluding hydrogens is 426 g/mol. The van der Waals surface area contributed by atoms with Gasteiger partial charge in [0.15, 0.2) is 0 Å². The number of phenolic OH excluding ortho intramolecular Hbond substituents is 1. The number of aromatic hydroxyl groups is 1. The third-order valence-electron chi connectivity index (χ3n) is 3.89. The minimum atomic E-state index is -0.568. The van der Waals surface area contributed by atoms with Gasteiger partial charge in [-0.1, -0.05) is 0 Å². The number of anilines is 3. The summed E-state index contributed by atoms with van der Waals surface area (Å²) in [5.41, 5.74) is 1.03. The Hall–Kier alpha value is -3.68. The fraction of sp³-hybridized carbons (Fsp3) is 0.368. The van der Waals surface area contributed by atoms with Crippen molar-refractivity contribution in [2.45, 2.75) is 6.42 Å². The summed E-state index contributed by atoms with van der Waals surface area (Å²) in [4.78, 5) is 20.4. The van der Waals surface area contributed by atoms with E-state index >= 15 is 0 Å². The maximum Gasteiger partial charge on any atom is 0.296 e. The van der Waals surface area contributed by atoms with Crippen molar-refractivity contribution in [1.82, 2.24) is 0 Å². The molecule has 0 atom stereocenters. The minimum Gasteiger partial charge on any atom is -0.508 e. The lowest BCUT2D eigenvalue weighted by Crippen LogP contribution is -2.09. The molecule has 32 heavy (non-hydrogen) atoms. The number of nitro benzene ring substituents is 2. The maximum absolute atomic E-state index is 10.8. The summed E-state index contributed by atoms with van der Waals surface area (Å²) in [5.74, 6) is -0.144. The van der Waals surface area contributed by atoms with Crippen molar-refractivity contribution >= 4 is 28.4 Å². The summed E-state index contributed by atoms with van der Waals surface area (Å²) in [6.07, 6.45) is 0.512. The van der Waals surface area contributed by atoms with Crippen LogP contribution in [0.2, 0.25) is 0 Å². The quantitative estimate of drug-likeness (QED) is 0.106. The highest BCUT2D eigenvalue weighted by atomic mass is 16.6. The zero-order valence-electron chi connectivity index (χ0n) is 17.2. The van der Waals surface area contributed by atoms with Gasteiger partial charge in [0.2, 0.25) is 0 Å². The van der Waals surface area contributed by atoms with Gasteiger partial charge in [0.25, 0.3) is 11.4 Å². The molecule has 0 spiro atoms. The Bertz CT molecular complexity index is 881. The maximum atomic E-state index is 10.8. The number of nitro groups is 2. The van der Waals surface area contributed by atoms with Gasteiger partial charge in [-0.05, 0) is 30.7 Å². The van der Waals surface area contributed by atoms with Crippen LogP contribution in [0.3, 0.4) is 0 Å². The Balaban J connectivity index is 0.000000323. The summed E-state index contributed by atoms with van der Waals surface area (Å²) in [6.45, 7) is 0.922. The Morgan fingerprint density at radius 1 is 0.719 bits per heavy atom. The molecule has 7 N–H and O–H groups in total. The first-order valence-electron chi connectivity index (χ1n) is 9.64. The van der Waals surface area contributed by atoms with E-state index in [1.54, 1.807) is 12.1 Å². The summed E-state index contributed by atoms with van der Waals surface area (Å²) >= 11 is 0. The Morgan fingerprint density at radius 3 is 1.81 bits per heavy atom. The second-order valence-electron chi connectivity index (χ2n) is 6.25. The van der Waals surface area contributed by atoms with Crippen molar-refractivity contribution in [3.63, 3.8) is 0 Å². The molecule has 0 saturated heterocycles. The molecule has 0 aliphatic carbocycles. The summed E-state index contributed by atoms with van der Waals surface area (Å²) in [7, 11) is 0. The van der Waals surface area contributed by atoms with Crippen LogP contribution >= 0.6 is 0 Å². The molecule has 0 aliphatic rings. The van der Waals surface area contributed by atoms with Crippen molar-refractivity contribution in [2.75, 3.05) is 55.4 Å². The minimum absolute atomic E-state index is 0.0267. The molecule has 2 rings (SSSR count). The van der Waals surface area contributed by atoms with Gasteiger partial charge in [-0.3, -0.25) is 20.2 Å². The normalized spacial score (nSPS) is 9.97. The monoisotopic (exact) mass is 453 g/mol. The molecule has 0 fully saturated rings. The summed E-state index contributed by atoms with van der Waals surface area (Å²) in [6, 6.07) is 8.51. The first kappa shape index (κ1) is 26.4. The van der Waals surface area contributed by atoms with E-state index in [9.17, 15) is 20.2 Å². The Kier molecular flexibility index (Phi) is 11.8. The van der Waals surface area contributed by atoms with E-state index in [0.29, 0.717) is 36.6 Å². The number of benzene rings is 2. The van der Waals surface area contributed by atoms with E-state index in [-0.39, 0.29) is 43.5 Å². The van der Waals surface area contributed by atoms with Crippen molar-refractivity contribution in [2.24, 2.45) is 0 Å². The molecule has 2 aromatic carbocycles. The van der Waals surface area contributed by atoms with Gasteiger partial charge in [-0.15, -0.1) is 0 Å². The van der Waals surface area contributed by atoms with E-state index in [0.717, 1.165) is 6.07 Å². The lowest BCUT2D eigenvalue weighted by Gasteiger charge is -2.08. The van der Waals surface area contributed by atoms with Gasteiger partial charge < -0.3 is 36.4 Å². The molecule has 0 amide bonds. The van der Waals surface area contributed by atoms with E-state index in [1.165, 1.54) is 18.2 Å². The molecule has 13 heteroatoms. The first-order valence-corrected chi connectivity index (χ1v) is 9.64. The van der Waals surface area contributed by atoms with E-state index in [4.69, 9.17) is 20.4 Å². The zero-order chi connectivity index (χ0) is 23.9. The number of aliphatic hydroxyl groups excluding tert-OH is 3. The number of nitrogens with zero attached hydrogens (tertiary/aromatic N) is 2. The molecule has 13 nitrogen and oxygen atoms in total. The zero-order valence-corrected chi connectivity index (χ0v) is 17.2. The highest BCUT2D eigenvalue weighted by Gasteiger charge is 2.14. The largest absolute Gasteiger partial charge is 0.508 e. The average Bonchev–Trinajstić information content (AvgIpc) is 2.77. The summed E-state index contributed by atoms with van der Waals surface area (Å²) < 4.78 is 0. The van der Waals surface area contributed by atoms with Crippen LogP contribution in [-0.4, -0.2) is 69.7 Å².